The summed E-state index contributed by atoms with van der Waals surface area (Å²) in [5.41, 5.74) is 1.97. The van der Waals surface area contributed by atoms with E-state index in [9.17, 15) is 0 Å². The summed E-state index contributed by atoms with van der Waals surface area (Å²) in [5.74, 6) is 0. The lowest BCUT2D eigenvalue weighted by atomic mass is 10.1. The third-order valence-electron chi connectivity index (χ3n) is 1.41. The minimum Gasteiger partial charge on any atom is -0.167 e. The van der Waals surface area contributed by atoms with Crippen molar-refractivity contribution < 1.29 is 0 Å². The Morgan fingerprint density at radius 2 is 1.91 bits per heavy atom. The second kappa shape index (κ2) is 3.66. The fourth-order valence-corrected chi connectivity index (χ4v) is 0.843. The average Bonchev–Trinajstić information content (AvgIpc) is 2.07. The Morgan fingerprint density at radius 1 is 1.27 bits per heavy atom. The van der Waals surface area contributed by atoms with E-state index in [0.29, 0.717) is 0 Å². The van der Waals surface area contributed by atoms with Gasteiger partial charge in [0.25, 0.3) is 0 Å². The van der Waals surface area contributed by atoms with E-state index in [2.05, 4.69) is 16.9 Å². The SMILES string of the molecule is C=NN=C(C)c1ccccc1. The first-order valence-electron chi connectivity index (χ1n) is 3.40. The predicted octanol–water partition coefficient (Wildman–Crippen LogP) is 2.11. The van der Waals surface area contributed by atoms with Crippen molar-refractivity contribution in [3.63, 3.8) is 0 Å². The molecule has 2 nitrogen and oxygen atoms in total. The topological polar surface area (TPSA) is 24.7 Å². The maximum Gasteiger partial charge on any atom is 0.0671 e. The van der Waals surface area contributed by atoms with Crippen molar-refractivity contribution in [2.75, 3.05) is 0 Å². The molecule has 1 rings (SSSR count). The van der Waals surface area contributed by atoms with Gasteiger partial charge in [-0.1, -0.05) is 30.3 Å². The molecule has 0 saturated heterocycles. The second-order valence-corrected chi connectivity index (χ2v) is 2.19. The van der Waals surface area contributed by atoms with Gasteiger partial charge in [0.1, 0.15) is 0 Å². The zero-order chi connectivity index (χ0) is 8.10. The molecule has 0 heterocycles. The zero-order valence-electron chi connectivity index (χ0n) is 6.49. The number of rotatable bonds is 2. The third-order valence-corrected chi connectivity index (χ3v) is 1.41. The summed E-state index contributed by atoms with van der Waals surface area (Å²) >= 11 is 0. The van der Waals surface area contributed by atoms with Crippen LogP contribution in [-0.2, 0) is 0 Å². The van der Waals surface area contributed by atoms with E-state index in [-0.39, 0.29) is 0 Å². The van der Waals surface area contributed by atoms with Crippen LogP contribution in [0.3, 0.4) is 0 Å². The Hall–Kier alpha value is -1.44. The smallest absolute Gasteiger partial charge is 0.0671 e. The molecule has 2 heteroatoms. The van der Waals surface area contributed by atoms with E-state index < -0.39 is 0 Å². The van der Waals surface area contributed by atoms with Gasteiger partial charge < -0.3 is 0 Å². The fraction of sp³-hybridized carbons (Fsp3) is 0.111. The molecule has 0 aliphatic carbocycles. The van der Waals surface area contributed by atoms with Crippen LogP contribution in [0.1, 0.15) is 12.5 Å². The Morgan fingerprint density at radius 3 is 2.45 bits per heavy atom. The molecule has 0 aliphatic heterocycles. The van der Waals surface area contributed by atoms with Crippen molar-refractivity contribution in [1.82, 2.24) is 0 Å². The standard InChI is InChI=1S/C9H10N2/c1-8(11-10-2)9-6-4-3-5-7-9/h3-7H,2H2,1H3. The molecule has 0 unspecified atom stereocenters. The Balaban J connectivity index is 2.94. The summed E-state index contributed by atoms with van der Waals surface area (Å²) in [7, 11) is 0. The molecule has 0 spiro atoms. The van der Waals surface area contributed by atoms with Crippen molar-refractivity contribution in [2.45, 2.75) is 6.92 Å². The van der Waals surface area contributed by atoms with Crippen LogP contribution in [0.4, 0.5) is 0 Å². The molecule has 0 radical (unpaired) electrons. The largest absolute Gasteiger partial charge is 0.167 e. The predicted molar refractivity (Wildman–Crippen MR) is 48.2 cm³/mol. The molecule has 0 aliphatic rings. The summed E-state index contributed by atoms with van der Waals surface area (Å²) in [6, 6.07) is 9.89. The van der Waals surface area contributed by atoms with E-state index >= 15 is 0 Å². The number of hydrogen-bond acceptors (Lipinski definition) is 2. The van der Waals surface area contributed by atoms with Gasteiger partial charge in [0, 0.05) is 6.72 Å². The lowest BCUT2D eigenvalue weighted by Gasteiger charge is -1.95. The van der Waals surface area contributed by atoms with Crippen molar-refractivity contribution in [2.24, 2.45) is 10.2 Å². The van der Waals surface area contributed by atoms with Gasteiger partial charge in [-0.3, -0.25) is 0 Å². The molecule has 0 bridgehead atoms. The lowest BCUT2D eigenvalue weighted by Crippen LogP contribution is -1.91. The Kier molecular flexibility index (Phi) is 2.55. The van der Waals surface area contributed by atoms with Gasteiger partial charge >= 0.3 is 0 Å². The summed E-state index contributed by atoms with van der Waals surface area (Å²) < 4.78 is 0. The van der Waals surface area contributed by atoms with E-state index in [4.69, 9.17) is 0 Å². The monoisotopic (exact) mass is 146 g/mol. The molecule has 0 atom stereocenters. The highest BCUT2D eigenvalue weighted by Crippen LogP contribution is 2.00. The van der Waals surface area contributed by atoms with Gasteiger partial charge in [-0.15, -0.1) is 0 Å². The van der Waals surface area contributed by atoms with E-state index in [0.717, 1.165) is 11.3 Å². The highest BCUT2D eigenvalue weighted by atomic mass is 15.2. The van der Waals surface area contributed by atoms with Crippen LogP contribution in [0.5, 0.6) is 0 Å². The van der Waals surface area contributed by atoms with Crippen LogP contribution in [-0.4, -0.2) is 12.4 Å². The van der Waals surface area contributed by atoms with E-state index in [1.54, 1.807) is 0 Å². The normalized spacial score (nSPS) is 11.2. The highest BCUT2D eigenvalue weighted by Gasteiger charge is 1.92. The Bertz CT molecular complexity index is 262. The Labute approximate surface area is 66.3 Å². The summed E-state index contributed by atoms with van der Waals surface area (Å²) in [4.78, 5) is 0. The molecule has 1 aromatic rings. The highest BCUT2D eigenvalue weighted by molar-refractivity contribution is 5.98. The molecule has 0 aromatic heterocycles. The maximum absolute atomic E-state index is 3.83. The van der Waals surface area contributed by atoms with E-state index in [1.807, 2.05) is 37.3 Å². The van der Waals surface area contributed by atoms with Crippen molar-refractivity contribution in [3.8, 4) is 0 Å². The van der Waals surface area contributed by atoms with E-state index in [1.165, 1.54) is 0 Å². The fourth-order valence-electron chi connectivity index (χ4n) is 0.843. The van der Waals surface area contributed by atoms with Gasteiger partial charge in [0.2, 0.25) is 0 Å². The second-order valence-electron chi connectivity index (χ2n) is 2.19. The average molecular weight is 146 g/mol. The molecule has 11 heavy (non-hydrogen) atoms. The third kappa shape index (κ3) is 2.00. The van der Waals surface area contributed by atoms with Crippen molar-refractivity contribution in [3.05, 3.63) is 35.9 Å². The number of benzene rings is 1. The minimum absolute atomic E-state index is 0.889. The number of nitrogens with zero attached hydrogens (tertiary/aromatic N) is 2. The van der Waals surface area contributed by atoms with Gasteiger partial charge in [0.05, 0.1) is 5.71 Å². The molecular formula is C9H10N2. The molecule has 0 amide bonds. The molecule has 0 fully saturated rings. The molecule has 0 saturated carbocycles. The lowest BCUT2D eigenvalue weighted by molar-refractivity contribution is 1.25. The van der Waals surface area contributed by atoms with Gasteiger partial charge in [-0.05, 0) is 12.5 Å². The quantitative estimate of drug-likeness (QED) is 0.451. The summed E-state index contributed by atoms with van der Waals surface area (Å²) in [6.07, 6.45) is 0. The van der Waals surface area contributed by atoms with Gasteiger partial charge in [0.15, 0.2) is 0 Å². The van der Waals surface area contributed by atoms with Crippen LogP contribution in [0.25, 0.3) is 0 Å². The zero-order valence-corrected chi connectivity index (χ0v) is 6.49. The minimum atomic E-state index is 0.889. The van der Waals surface area contributed by atoms with Crippen molar-refractivity contribution in [1.29, 1.82) is 0 Å². The van der Waals surface area contributed by atoms with Crippen LogP contribution in [0.2, 0.25) is 0 Å². The number of hydrogen-bond donors (Lipinski definition) is 0. The maximum atomic E-state index is 3.83. The van der Waals surface area contributed by atoms with Gasteiger partial charge in [-0.2, -0.15) is 10.2 Å². The molecule has 0 N–H and O–H groups in total. The first-order chi connectivity index (χ1) is 5.34. The van der Waals surface area contributed by atoms with Crippen LogP contribution >= 0.6 is 0 Å². The molecular weight excluding hydrogens is 136 g/mol. The first-order valence-corrected chi connectivity index (χ1v) is 3.40. The molecule has 56 valence electrons. The summed E-state index contributed by atoms with van der Waals surface area (Å²) in [5, 5.41) is 7.28. The van der Waals surface area contributed by atoms with Crippen molar-refractivity contribution >= 4 is 12.4 Å². The van der Waals surface area contributed by atoms with Crippen LogP contribution in [0, 0.1) is 0 Å². The van der Waals surface area contributed by atoms with Gasteiger partial charge in [-0.25, -0.2) is 0 Å². The summed E-state index contributed by atoms with van der Waals surface area (Å²) in [6.45, 7) is 5.20. The molecule has 1 aromatic carbocycles. The first kappa shape index (κ1) is 7.66. The van der Waals surface area contributed by atoms with Crippen LogP contribution in [0.15, 0.2) is 40.5 Å². The van der Waals surface area contributed by atoms with Crippen LogP contribution < -0.4 is 0 Å².